The first-order valence-corrected chi connectivity index (χ1v) is 11.2. The number of sulfonamides is 1. The van der Waals surface area contributed by atoms with E-state index in [1.807, 2.05) is 11.6 Å². The molecule has 3 rings (SSSR count). The average Bonchev–Trinajstić information content (AvgIpc) is 2.73. The summed E-state index contributed by atoms with van der Waals surface area (Å²) < 4.78 is 25.9. The molecule has 1 unspecified atom stereocenters. The van der Waals surface area contributed by atoms with E-state index < -0.39 is 27.7 Å². The molecule has 2 aromatic rings. The first-order chi connectivity index (χ1) is 15.5. The van der Waals surface area contributed by atoms with Crippen LogP contribution in [0, 0.1) is 0 Å². The van der Waals surface area contributed by atoms with E-state index in [-0.39, 0.29) is 22.5 Å². The van der Waals surface area contributed by atoms with Crippen LogP contribution in [0.4, 0.5) is 5.69 Å². The molecule has 1 heterocycles. The van der Waals surface area contributed by atoms with Crippen molar-refractivity contribution in [2.24, 2.45) is 16.5 Å². The van der Waals surface area contributed by atoms with Crippen molar-refractivity contribution in [3.63, 3.8) is 0 Å². The molecule has 11 nitrogen and oxygen atoms in total. The fourth-order valence-electron chi connectivity index (χ4n) is 3.10. The van der Waals surface area contributed by atoms with Gasteiger partial charge in [-0.25, -0.2) is 18.1 Å². The highest BCUT2D eigenvalue weighted by Crippen LogP contribution is 2.19. The molecule has 1 atom stereocenters. The summed E-state index contributed by atoms with van der Waals surface area (Å²) in [4.78, 5) is 39.4. The summed E-state index contributed by atoms with van der Waals surface area (Å²) >= 11 is 0. The largest absolute Gasteiger partial charge is 0.384 e. The van der Waals surface area contributed by atoms with E-state index in [0.717, 1.165) is 6.92 Å². The van der Waals surface area contributed by atoms with Crippen molar-refractivity contribution in [3.05, 3.63) is 71.2 Å². The second-order valence-electron chi connectivity index (χ2n) is 7.21. The van der Waals surface area contributed by atoms with Gasteiger partial charge in [-0.1, -0.05) is 12.1 Å². The Hall–Kier alpha value is -4.19. The van der Waals surface area contributed by atoms with Crippen LogP contribution < -0.4 is 26.8 Å². The fraction of sp³-hybridized carbons (Fsp3) is 0.143. The van der Waals surface area contributed by atoms with Crippen LogP contribution in [0.5, 0.6) is 0 Å². The standard InChI is InChI=1S/C21H22N6O5S/c1-11-17(13-3-5-14(6-4-13)20(23)29)26-18(19(22)24-11)21(30)25-15-7-9-16(10-8-15)33(31,32)27-12(2)28/h3-11,24H,22H2,1-2H3,(H2,23,29)(H,25,30)(H,27,28). The van der Waals surface area contributed by atoms with Crippen molar-refractivity contribution >= 4 is 39.1 Å². The van der Waals surface area contributed by atoms with Crippen molar-refractivity contribution < 1.29 is 22.8 Å². The molecule has 0 fully saturated rings. The number of primary amides is 1. The number of carbonyl (C=O) groups is 3. The zero-order valence-corrected chi connectivity index (χ0v) is 18.6. The number of nitrogens with zero attached hydrogens (tertiary/aromatic N) is 1. The highest BCUT2D eigenvalue weighted by Gasteiger charge is 2.25. The molecule has 1 aliphatic heterocycles. The van der Waals surface area contributed by atoms with Gasteiger partial charge in [0.25, 0.3) is 15.9 Å². The topological polar surface area (TPSA) is 186 Å². The van der Waals surface area contributed by atoms with Crippen molar-refractivity contribution in [3.8, 4) is 0 Å². The van der Waals surface area contributed by atoms with Crippen LogP contribution in [0.2, 0.25) is 0 Å². The number of carbonyl (C=O) groups excluding carboxylic acids is 3. The van der Waals surface area contributed by atoms with E-state index in [1.54, 1.807) is 24.3 Å². The number of anilines is 1. The van der Waals surface area contributed by atoms with Gasteiger partial charge in [-0.15, -0.1) is 0 Å². The summed E-state index contributed by atoms with van der Waals surface area (Å²) in [5.74, 6) is -1.82. The number of rotatable bonds is 6. The number of hydrogen-bond acceptors (Lipinski definition) is 8. The van der Waals surface area contributed by atoms with E-state index in [9.17, 15) is 22.8 Å². The molecule has 3 amide bonds. The van der Waals surface area contributed by atoms with Gasteiger partial charge in [0.15, 0.2) is 5.70 Å². The molecule has 0 saturated carbocycles. The van der Waals surface area contributed by atoms with Gasteiger partial charge in [0.2, 0.25) is 11.8 Å². The smallest absolute Gasteiger partial charge is 0.278 e. The Kier molecular flexibility index (Phi) is 6.49. The number of aliphatic imine (C=N–C) groups is 1. The van der Waals surface area contributed by atoms with Crippen molar-refractivity contribution in [1.29, 1.82) is 0 Å². The van der Waals surface area contributed by atoms with Crippen LogP contribution in [0.1, 0.15) is 29.8 Å². The predicted octanol–water partition coefficient (Wildman–Crippen LogP) is 0.158. The van der Waals surface area contributed by atoms with Crippen LogP contribution in [0.15, 0.2) is 69.9 Å². The van der Waals surface area contributed by atoms with Crippen LogP contribution >= 0.6 is 0 Å². The normalized spacial score (nSPS) is 15.8. The second-order valence-corrected chi connectivity index (χ2v) is 8.89. The lowest BCUT2D eigenvalue weighted by Gasteiger charge is -2.24. The van der Waals surface area contributed by atoms with Gasteiger partial charge in [-0.3, -0.25) is 14.4 Å². The van der Waals surface area contributed by atoms with E-state index in [1.165, 1.54) is 24.3 Å². The van der Waals surface area contributed by atoms with Crippen molar-refractivity contribution in [1.82, 2.24) is 10.0 Å². The Labute approximate surface area is 190 Å². The lowest BCUT2D eigenvalue weighted by Crippen LogP contribution is -2.42. The quantitative estimate of drug-likeness (QED) is 0.398. The Morgan fingerprint density at radius 2 is 1.64 bits per heavy atom. The highest BCUT2D eigenvalue weighted by atomic mass is 32.2. The average molecular weight is 471 g/mol. The summed E-state index contributed by atoms with van der Waals surface area (Å²) in [5.41, 5.74) is 13.0. The zero-order valence-electron chi connectivity index (χ0n) is 17.7. The summed E-state index contributed by atoms with van der Waals surface area (Å²) in [6.07, 6.45) is 0. The van der Waals surface area contributed by atoms with E-state index in [4.69, 9.17) is 11.5 Å². The lowest BCUT2D eigenvalue weighted by atomic mass is 10.0. The third kappa shape index (κ3) is 5.36. The second kappa shape index (κ2) is 9.12. The highest BCUT2D eigenvalue weighted by molar-refractivity contribution is 7.90. The SMILES string of the molecule is CC(=O)NS(=O)(=O)c1ccc(NC(=O)C2=C(N)NC(C)C(c3ccc(C(N)=O)cc3)=N2)cc1. The molecule has 0 aliphatic carbocycles. The number of amides is 3. The molecule has 33 heavy (non-hydrogen) atoms. The van der Waals surface area contributed by atoms with Crippen molar-refractivity contribution in [2.75, 3.05) is 5.32 Å². The molecule has 7 N–H and O–H groups in total. The molecular weight excluding hydrogens is 448 g/mol. The number of nitrogens with two attached hydrogens (primary N) is 2. The van der Waals surface area contributed by atoms with Crippen molar-refractivity contribution in [2.45, 2.75) is 24.8 Å². The van der Waals surface area contributed by atoms with Gasteiger partial charge in [-0.2, -0.15) is 0 Å². The Bertz CT molecular complexity index is 1280. The first-order valence-electron chi connectivity index (χ1n) is 9.68. The lowest BCUT2D eigenvalue weighted by molar-refractivity contribution is -0.117. The molecule has 1 aliphatic rings. The van der Waals surface area contributed by atoms with Crippen LogP contribution in [0.25, 0.3) is 0 Å². The summed E-state index contributed by atoms with van der Waals surface area (Å²) in [6.45, 7) is 2.90. The van der Waals surface area contributed by atoms with E-state index in [0.29, 0.717) is 22.5 Å². The van der Waals surface area contributed by atoms with Gasteiger partial charge in [-0.05, 0) is 48.9 Å². The zero-order chi connectivity index (χ0) is 24.3. The van der Waals surface area contributed by atoms with Gasteiger partial charge >= 0.3 is 0 Å². The molecule has 0 radical (unpaired) electrons. The third-order valence-electron chi connectivity index (χ3n) is 4.65. The van der Waals surface area contributed by atoms with Gasteiger partial charge in [0.1, 0.15) is 5.82 Å². The van der Waals surface area contributed by atoms with Gasteiger partial charge in [0, 0.05) is 18.2 Å². The predicted molar refractivity (Wildman–Crippen MR) is 121 cm³/mol. The Morgan fingerprint density at radius 1 is 1.03 bits per heavy atom. The molecule has 0 aromatic heterocycles. The number of hydrogen-bond donors (Lipinski definition) is 5. The number of benzene rings is 2. The maximum atomic E-state index is 12.8. The maximum Gasteiger partial charge on any atom is 0.278 e. The molecule has 0 saturated heterocycles. The van der Waals surface area contributed by atoms with Gasteiger partial charge in [0.05, 0.1) is 16.6 Å². The molecular formula is C21H22N6O5S. The summed E-state index contributed by atoms with van der Waals surface area (Å²) in [6, 6.07) is 11.4. The van der Waals surface area contributed by atoms with Gasteiger partial charge < -0.3 is 22.1 Å². The van der Waals surface area contributed by atoms with Crippen LogP contribution in [-0.4, -0.2) is 37.9 Å². The summed E-state index contributed by atoms with van der Waals surface area (Å²) in [7, 11) is -3.99. The number of nitrogens with one attached hydrogen (secondary N) is 3. The molecule has 172 valence electrons. The maximum absolute atomic E-state index is 12.8. The Balaban J connectivity index is 1.82. The molecule has 0 bridgehead atoms. The minimum atomic E-state index is -3.99. The third-order valence-corrected chi connectivity index (χ3v) is 6.10. The monoisotopic (exact) mass is 470 g/mol. The Morgan fingerprint density at radius 3 is 2.18 bits per heavy atom. The molecule has 12 heteroatoms. The summed E-state index contributed by atoms with van der Waals surface area (Å²) in [5, 5.41) is 5.59. The first kappa shape index (κ1) is 23.5. The minimum Gasteiger partial charge on any atom is -0.384 e. The van der Waals surface area contributed by atoms with E-state index in [2.05, 4.69) is 15.6 Å². The van der Waals surface area contributed by atoms with E-state index >= 15 is 0 Å². The molecule has 0 spiro atoms. The fourth-order valence-corrected chi connectivity index (χ4v) is 4.09. The minimum absolute atomic E-state index is 0.0583. The molecule has 2 aromatic carbocycles. The van der Waals surface area contributed by atoms with Crippen LogP contribution in [-0.2, 0) is 19.6 Å². The van der Waals surface area contributed by atoms with Crippen LogP contribution in [0.3, 0.4) is 0 Å².